The van der Waals surface area contributed by atoms with E-state index < -0.39 is 43.3 Å². The first-order valence-electron chi connectivity index (χ1n) is 32.4. The van der Waals surface area contributed by atoms with Gasteiger partial charge in [-0.2, -0.15) is 26.3 Å². The summed E-state index contributed by atoms with van der Waals surface area (Å²) in [6, 6.07) is 0. The molecule has 2 fully saturated rings. The summed E-state index contributed by atoms with van der Waals surface area (Å²) in [6.07, 6.45) is 13.5. The predicted octanol–water partition coefficient (Wildman–Crippen LogP) is 27.2. The van der Waals surface area contributed by atoms with Crippen LogP contribution in [0.1, 0.15) is 364 Å². The zero-order chi connectivity index (χ0) is 63.6. The molecule has 436 valence electrons. The normalized spacial score (nSPS) is 15.8. The summed E-state index contributed by atoms with van der Waals surface area (Å²) in [6.45, 7) is 55.0. The summed E-state index contributed by atoms with van der Waals surface area (Å²) in [7, 11) is 0. The molecule has 0 saturated heterocycles. The van der Waals surface area contributed by atoms with E-state index in [0.717, 1.165) is 43.4 Å². The van der Waals surface area contributed by atoms with Crippen LogP contribution in [0.3, 0.4) is 0 Å². The maximum absolute atomic E-state index is 11.6. The Hall–Kier alpha value is -0.420. The average Bonchev–Trinajstić information content (AvgIpc) is 3.84. The number of alkyl halides is 6. The fourth-order valence-electron chi connectivity index (χ4n) is 4.36. The fraction of sp³-hybridized carbons (Fsp3) is 1.00. The molecule has 69 heavy (non-hydrogen) atoms. The van der Waals surface area contributed by atoms with Gasteiger partial charge in [0.05, 0.1) is 11.8 Å². The molecule has 0 spiro atoms. The highest BCUT2D eigenvalue weighted by Gasteiger charge is 2.35. The van der Waals surface area contributed by atoms with E-state index in [2.05, 4.69) is 104 Å². The minimum Gasteiger partial charge on any atom is -0.171 e. The predicted molar refractivity (Wildman–Crippen MR) is 314 cm³/mol. The maximum atomic E-state index is 11.6. The molecule has 0 bridgehead atoms. The van der Waals surface area contributed by atoms with Crippen LogP contribution in [0.4, 0.5) is 26.3 Å². The summed E-state index contributed by atoms with van der Waals surface area (Å²) < 4.78 is 120. The molecular formula is C63H142F6. The molecule has 2 aliphatic carbocycles. The topological polar surface area (TPSA) is 0 Å². The second-order valence-electron chi connectivity index (χ2n) is 20.0. The quantitative estimate of drug-likeness (QED) is 0.171. The van der Waals surface area contributed by atoms with E-state index in [-0.39, 0.29) is 18.7 Å². The van der Waals surface area contributed by atoms with E-state index in [0.29, 0.717) is 24.7 Å². The van der Waals surface area contributed by atoms with Crippen molar-refractivity contribution >= 4 is 0 Å². The molecule has 2 unspecified atom stereocenters. The first-order valence-corrected chi connectivity index (χ1v) is 28.9. The minimum absolute atomic E-state index is 0.170. The lowest BCUT2D eigenvalue weighted by Crippen LogP contribution is -2.19. The van der Waals surface area contributed by atoms with Crippen molar-refractivity contribution in [2.24, 2.45) is 47.3 Å². The van der Waals surface area contributed by atoms with Crippen LogP contribution in [-0.4, -0.2) is 12.4 Å². The van der Waals surface area contributed by atoms with Crippen molar-refractivity contribution in [1.82, 2.24) is 0 Å². The molecule has 0 amide bonds. The summed E-state index contributed by atoms with van der Waals surface area (Å²) in [5.41, 5.74) is 0. The summed E-state index contributed by atoms with van der Waals surface area (Å²) in [5, 5.41) is 0. The third kappa shape index (κ3) is 146. The van der Waals surface area contributed by atoms with E-state index in [9.17, 15) is 26.3 Å². The molecule has 0 nitrogen and oxygen atoms in total. The number of unbranched alkanes of at least 4 members (excludes halogenated alkanes) is 3. The minimum atomic E-state index is -3.99. The van der Waals surface area contributed by atoms with Crippen LogP contribution in [0, 0.1) is 47.3 Å². The molecule has 0 aromatic carbocycles. The van der Waals surface area contributed by atoms with Gasteiger partial charge in [0, 0.05) is 9.60 Å². The summed E-state index contributed by atoms with van der Waals surface area (Å²) >= 11 is 0. The smallest absolute Gasteiger partial charge is 0.171 e. The van der Waals surface area contributed by atoms with E-state index in [4.69, 9.17) is 9.60 Å². The highest BCUT2D eigenvalue weighted by Crippen LogP contribution is 2.29. The Bertz CT molecular complexity index is 971. The van der Waals surface area contributed by atoms with Crippen LogP contribution in [0.2, 0.25) is 0 Å². The molecular weight excluding hydrogens is 871 g/mol. The summed E-state index contributed by atoms with van der Waals surface area (Å²) in [5.74, 6) is 0.758. The van der Waals surface area contributed by atoms with Gasteiger partial charge < -0.3 is 0 Å². The highest BCUT2D eigenvalue weighted by atomic mass is 19.4. The third-order valence-corrected chi connectivity index (χ3v) is 9.47. The number of hydrogen-bond acceptors (Lipinski definition) is 0. The van der Waals surface area contributed by atoms with Crippen LogP contribution >= 0.6 is 0 Å². The lowest BCUT2D eigenvalue weighted by atomic mass is 9.88. The van der Waals surface area contributed by atoms with Crippen molar-refractivity contribution in [3.63, 3.8) is 0 Å². The number of hydrogen-bond donors (Lipinski definition) is 0. The summed E-state index contributed by atoms with van der Waals surface area (Å²) in [4.78, 5) is 0. The Labute approximate surface area is 448 Å². The molecule has 6 heteroatoms. The highest BCUT2D eigenvalue weighted by molar-refractivity contribution is 4.65. The van der Waals surface area contributed by atoms with Gasteiger partial charge in [0.2, 0.25) is 0 Å². The number of rotatable bonds is 12. The zero-order valence-corrected chi connectivity index (χ0v) is 52.9. The largest absolute Gasteiger partial charge is 0.391 e. The van der Waals surface area contributed by atoms with Gasteiger partial charge in [-0.05, 0) is 48.3 Å². The first-order chi connectivity index (χ1) is 34.2. The van der Waals surface area contributed by atoms with Gasteiger partial charge in [-0.3, -0.25) is 0 Å². The lowest BCUT2D eigenvalue weighted by Gasteiger charge is -2.18. The Balaban J connectivity index is -0.0000000682. The SMILES string of the molecule is CC.CC(C)C.CCC.CCC(C)C.CCC(C)C(F)(F)F.CCCC.CCCC(C)C.CCCC(C)C(F)(F)F.CCCCC.[2H]C(C)(C)C.[2H]C([2H])(C)C1CCCC1.[2H]C([2H])(C)C1CCCCC1.[2H]C([2H])(C)CC. The van der Waals surface area contributed by atoms with Crippen molar-refractivity contribution in [3.8, 4) is 0 Å². The molecule has 0 heterocycles. The number of halogens is 6. The Kier molecular flexibility index (Phi) is 88.8. The van der Waals surface area contributed by atoms with E-state index >= 15 is 0 Å². The molecule has 0 aromatic heterocycles. The Morgan fingerprint density at radius 3 is 0.754 bits per heavy atom. The molecule has 2 atom stereocenters. The maximum Gasteiger partial charge on any atom is 0.391 e. The lowest BCUT2D eigenvalue weighted by molar-refractivity contribution is -0.171. The van der Waals surface area contributed by atoms with Crippen LogP contribution in [0.15, 0.2) is 0 Å². The molecule has 2 rings (SSSR count). The van der Waals surface area contributed by atoms with Gasteiger partial charge >= 0.3 is 12.4 Å². The monoisotopic (exact) mass is 1020 g/mol. The van der Waals surface area contributed by atoms with Gasteiger partial charge in [0.15, 0.2) is 0 Å². The van der Waals surface area contributed by atoms with Crippen LogP contribution in [-0.2, 0) is 0 Å². The molecule has 0 N–H and O–H groups in total. The Morgan fingerprint density at radius 1 is 0.420 bits per heavy atom. The van der Waals surface area contributed by atoms with Crippen molar-refractivity contribution in [2.75, 3.05) is 0 Å². The Morgan fingerprint density at radius 2 is 0.681 bits per heavy atom. The molecule has 0 radical (unpaired) electrons. The van der Waals surface area contributed by atoms with Crippen LogP contribution in [0.25, 0.3) is 0 Å². The van der Waals surface area contributed by atoms with Gasteiger partial charge in [0.1, 0.15) is 0 Å². The van der Waals surface area contributed by atoms with E-state index in [1.807, 2.05) is 41.5 Å². The standard InChI is InChI=1S/C8H16.C7H14.C6H11F3.C6H14.C5H9F3.2C5H12.4C4H10.C3H8.C2H6/c1-2-8-6-4-3-5-7-8;1-2-7-5-3-4-6-7;1-3-4-5(2)6(7,8)9;1-4-5-6(2)3;1-3-4(2)5(6,7)8;1-4-5(2)3;1-3-5-4-2;2*1-4(2)3;2*1-3-4-2;1-3-2;1-2/h8H,2-7H2,1H3;7H,2-6H2,1H3;5H,3-4H2,1-2H3;6H,4-5H2,1-3H3;4H,3H2,1-2H3;5H,4H2,1-3H3;3-5H2,1-2H3;2*4H,1-3H3;2*3-4H2,1-2H3;3H2,1-2H3;1-2H3/i2*2D2;;;;;;4D;;3D2;;;. The van der Waals surface area contributed by atoms with Crippen molar-refractivity contribution < 1.29 is 35.9 Å². The second-order valence-corrected chi connectivity index (χ2v) is 20.0. The van der Waals surface area contributed by atoms with Crippen LogP contribution in [0.5, 0.6) is 0 Å². The van der Waals surface area contributed by atoms with Gasteiger partial charge in [-0.1, -0.05) is 341 Å². The van der Waals surface area contributed by atoms with Crippen molar-refractivity contribution in [2.45, 2.75) is 367 Å². The molecule has 2 saturated carbocycles. The molecule has 2 aliphatic rings. The van der Waals surface area contributed by atoms with E-state index in [1.54, 1.807) is 27.7 Å². The zero-order valence-electron chi connectivity index (χ0n) is 59.9. The average molecular weight is 1020 g/mol. The van der Waals surface area contributed by atoms with Gasteiger partial charge in [-0.25, -0.2) is 0 Å². The molecule has 0 aliphatic heterocycles. The van der Waals surface area contributed by atoms with Crippen LogP contribution < -0.4 is 0 Å². The van der Waals surface area contributed by atoms with Crippen molar-refractivity contribution in [3.05, 3.63) is 0 Å². The van der Waals surface area contributed by atoms with Gasteiger partial charge in [0.25, 0.3) is 0 Å². The molecule has 0 aromatic rings. The van der Waals surface area contributed by atoms with Crippen molar-refractivity contribution in [1.29, 1.82) is 0 Å². The first kappa shape index (κ1) is 75.1. The fourth-order valence-corrected chi connectivity index (χ4v) is 4.36. The van der Waals surface area contributed by atoms with E-state index in [1.165, 1.54) is 111 Å². The second kappa shape index (κ2) is 81.6. The third-order valence-electron chi connectivity index (χ3n) is 9.47. The van der Waals surface area contributed by atoms with Gasteiger partial charge in [-0.15, -0.1) is 0 Å².